The second-order valence-electron chi connectivity index (χ2n) is 4.17. The van der Waals surface area contributed by atoms with E-state index in [1.807, 2.05) is 12.1 Å². The highest BCUT2D eigenvalue weighted by atomic mass is 79.9. The molecule has 6 heteroatoms. The monoisotopic (exact) mass is 356 g/mol. The van der Waals surface area contributed by atoms with Crippen LogP contribution in [0.2, 0.25) is 0 Å². The third kappa shape index (κ3) is 4.28. The van der Waals surface area contributed by atoms with E-state index in [4.69, 9.17) is 0 Å². The standard InChI is InChI=1S/C12H17BrN2O.2ClH/c1-9(15-6-4-14-5-7-15)11-8-10(16)2-3-12(11)13;;/h2-3,8-9,14,16H,4-7H2,1H3;2*1H/t9-;;/m0../s1. The molecule has 2 N–H and O–H groups in total. The smallest absolute Gasteiger partial charge is 0.115 e. The number of hydrogen-bond acceptors (Lipinski definition) is 3. The maximum absolute atomic E-state index is 9.53. The average Bonchev–Trinajstić information content (AvgIpc) is 2.32. The van der Waals surface area contributed by atoms with E-state index in [0.717, 1.165) is 36.2 Å². The van der Waals surface area contributed by atoms with E-state index in [-0.39, 0.29) is 24.8 Å². The van der Waals surface area contributed by atoms with Gasteiger partial charge in [-0.25, -0.2) is 0 Å². The number of nitrogens with zero attached hydrogens (tertiary/aromatic N) is 1. The maximum Gasteiger partial charge on any atom is 0.115 e. The van der Waals surface area contributed by atoms with Crippen molar-refractivity contribution in [2.75, 3.05) is 26.2 Å². The summed E-state index contributed by atoms with van der Waals surface area (Å²) in [5, 5.41) is 12.9. The van der Waals surface area contributed by atoms with Crippen molar-refractivity contribution >= 4 is 40.7 Å². The second-order valence-corrected chi connectivity index (χ2v) is 5.02. The molecule has 0 unspecified atom stereocenters. The fourth-order valence-electron chi connectivity index (χ4n) is 2.12. The van der Waals surface area contributed by atoms with Gasteiger partial charge in [0.05, 0.1) is 0 Å². The minimum absolute atomic E-state index is 0. The van der Waals surface area contributed by atoms with Gasteiger partial charge in [-0.2, -0.15) is 0 Å². The molecule has 2 rings (SSSR count). The summed E-state index contributed by atoms with van der Waals surface area (Å²) in [6.45, 7) is 6.39. The van der Waals surface area contributed by atoms with Crippen molar-refractivity contribution < 1.29 is 5.11 Å². The van der Waals surface area contributed by atoms with Crippen LogP contribution in [0, 0.1) is 0 Å². The number of halogens is 3. The first-order valence-electron chi connectivity index (χ1n) is 5.61. The highest BCUT2D eigenvalue weighted by molar-refractivity contribution is 9.10. The van der Waals surface area contributed by atoms with Crippen LogP contribution in [0.25, 0.3) is 0 Å². The van der Waals surface area contributed by atoms with Gasteiger partial charge in [0.15, 0.2) is 0 Å². The molecule has 1 saturated heterocycles. The molecule has 1 atom stereocenters. The van der Waals surface area contributed by atoms with Crippen molar-refractivity contribution in [3.63, 3.8) is 0 Å². The van der Waals surface area contributed by atoms with Gasteiger partial charge in [0.25, 0.3) is 0 Å². The molecule has 0 aromatic heterocycles. The lowest BCUT2D eigenvalue weighted by atomic mass is 10.1. The summed E-state index contributed by atoms with van der Waals surface area (Å²) in [4.78, 5) is 2.43. The fourth-order valence-corrected chi connectivity index (χ4v) is 2.70. The third-order valence-electron chi connectivity index (χ3n) is 3.13. The Balaban J connectivity index is 0.00000144. The molecule has 0 saturated carbocycles. The Morgan fingerprint density at radius 2 is 1.89 bits per heavy atom. The topological polar surface area (TPSA) is 35.5 Å². The first-order chi connectivity index (χ1) is 7.68. The molecule has 0 aliphatic carbocycles. The maximum atomic E-state index is 9.53. The Bertz CT molecular complexity index is 373. The summed E-state index contributed by atoms with van der Waals surface area (Å²) in [7, 11) is 0. The van der Waals surface area contributed by atoms with Gasteiger partial charge in [0, 0.05) is 36.7 Å². The molecule has 1 aliphatic heterocycles. The summed E-state index contributed by atoms with van der Waals surface area (Å²) in [6.07, 6.45) is 0. The van der Waals surface area contributed by atoms with E-state index in [9.17, 15) is 5.11 Å². The molecule has 0 amide bonds. The summed E-state index contributed by atoms with van der Waals surface area (Å²) in [6, 6.07) is 5.79. The predicted octanol–water partition coefficient (Wildman–Crippen LogP) is 2.96. The van der Waals surface area contributed by atoms with Gasteiger partial charge >= 0.3 is 0 Å². The highest BCUT2D eigenvalue weighted by Gasteiger charge is 2.19. The quantitative estimate of drug-likeness (QED) is 0.854. The van der Waals surface area contributed by atoms with Gasteiger partial charge in [-0.3, -0.25) is 4.90 Å². The molecule has 0 radical (unpaired) electrons. The summed E-state index contributed by atoms with van der Waals surface area (Å²) < 4.78 is 1.07. The van der Waals surface area contributed by atoms with Crippen LogP contribution in [-0.4, -0.2) is 36.2 Å². The van der Waals surface area contributed by atoms with Gasteiger partial charge in [-0.15, -0.1) is 24.8 Å². The van der Waals surface area contributed by atoms with Crippen molar-refractivity contribution in [2.45, 2.75) is 13.0 Å². The normalized spacial score (nSPS) is 17.4. The zero-order valence-corrected chi connectivity index (χ0v) is 13.4. The lowest BCUT2D eigenvalue weighted by Crippen LogP contribution is -2.44. The van der Waals surface area contributed by atoms with Crippen LogP contribution in [0.5, 0.6) is 5.75 Å². The molecular formula is C12H19BrCl2N2O. The minimum atomic E-state index is 0. The molecule has 1 aromatic rings. The zero-order valence-electron chi connectivity index (χ0n) is 10.2. The van der Waals surface area contributed by atoms with Crippen LogP contribution >= 0.6 is 40.7 Å². The van der Waals surface area contributed by atoms with Gasteiger partial charge < -0.3 is 10.4 Å². The molecule has 18 heavy (non-hydrogen) atoms. The van der Waals surface area contributed by atoms with E-state index < -0.39 is 0 Å². The second kappa shape index (κ2) is 8.23. The number of nitrogens with one attached hydrogen (secondary N) is 1. The van der Waals surface area contributed by atoms with E-state index in [2.05, 4.69) is 33.1 Å². The lowest BCUT2D eigenvalue weighted by molar-refractivity contribution is 0.185. The molecular weight excluding hydrogens is 339 g/mol. The number of phenols is 1. The lowest BCUT2D eigenvalue weighted by Gasteiger charge is -2.33. The number of hydrogen-bond donors (Lipinski definition) is 2. The number of rotatable bonds is 2. The summed E-state index contributed by atoms with van der Waals surface area (Å²) >= 11 is 3.54. The number of benzene rings is 1. The summed E-state index contributed by atoms with van der Waals surface area (Å²) in [5.41, 5.74) is 1.15. The Kier molecular flexibility index (Phi) is 8.23. The molecule has 1 aliphatic rings. The van der Waals surface area contributed by atoms with Gasteiger partial charge in [-0.05, 0) is 30.7 Å². The van der Waals surface area contributed by atoms with Crippen LogP contribution in [0.3, 0.4) is 0 Å². The number of piperazine rings is 1. The summed E-state index contributed by atoms with van der Waals surface area (Å²) in [5.74, 6) is 0.334. The van der Waals surface area contributed by atoms with E-state index in [0.29, 0.717) is 11.8 Å². The fraction of sp³-hybridized carbons (Fsp3) is 0.500. The van der Waals surface area contributed by atoms with E-state index in [1.54, 1.807) is 6.07 Å². The van der Waals surface area contributed by atoms with Crippen LogP contribution < -0.4 is 5.32 Å². The van der Waals surface area contributed by atoms with Crippen molar-refractivity contribution in [3.05, 3.63) is 28.2 Å². The average molecular weight is 358 g/mol. The molecule has 104 valence electrons. The Morgan fingerprint density at radius 3 is 2.50 bits per heavy atom. The molecule has 0 bridgehead atoms. The van der Waals surface area contributed by atoms with Crippen LogP contribution in [0.15, 0.2) is 22.7 Å². The zero-order chi connectivity index (χ0) is 11.5. The minimum Gasteiger partial charge on any atom is -0.508 e. The van der Waals surface area contributed by atoms with Crippen molar-refractivity contribution in [2.24, 2.45) is 0 Å². The van der Waals surface area contributed by atoms with Gasteiger partial charge in [0.1, 0.15) is 5.75 Å². The Hall–Kier alpha value is -0.000000000000000222. The third-order valence-corrected chi connectivity index (χ3v) is 3.85. The molecule has 0 spiro atoms. The Morgan fingerprint density at radius 1 is 1.28 bits per heavy atom. The van der Waals surface area contributed by atoms with Crippen molar-refractivity contribution in [3.8, 4) is 5.75 Å². The molecule has 1 heterocycles. The van der Waals surface area contributed by atoms with Crippen LogP contribution in [0.1, 0.15) is 18.5 Å². The molecule has 1 aromatic carbocycles. The van der Waals surface area contributed by atoms with Crippen molar-refractivity contribution in [1.82, 2.24) is 10.2 Å². The SMILES string of the molecule is C[C@@H](c1cc(O)ccc1Br)N1CCNCC1.Cl.Cl. The largest absolute Gasteiger partial charge is 0.508 e. The van der Waals surface area contributed by atoms with E-state index in [1.165, 1.54) is 0 Å². The van der Waals surface area contributed by atoms with Crippen molar-refractivity contribution in [1.29, 1.82) is 0 Å². The molecule has 1 fully saturated rings. The molecule has 3 nitrogen and oxygen atoms in total. The first-order valence-corrected chi connectivity index (χ1v) is 6.41. The number of aromatic hydroxyl groups is 1. The first kappa shape index (κ1) is 18.0. The Labute approximate surface area is 129 Å². The predicted molar refractivity (Wildman–Crippen MR) is 83.2 cm³/mol. The van der Waals surface area contributed by atoms with Gasteiger partial charge in [0.2, 0.25) is 0 Å². The van der Waals surface area contributed by atoms with Crippen LogP contribution in [0.4, 0.5) is 0 Å². The number of phenolic OH excluding ortho intramolecular Hbond substituents is 1. The van der Waals surface area contributed by atoms with Gasteiger partial charge in [-0.1, -0.05) is 15.9 Å². The highest BCUT2D eigenvalue weighted by Crippen LogP contribution is 2.30. The van der Waals surface area contributed by atoms with E-state index >= 15 is 0 Å². The van der Waals surface area contributed by atoms with Crippen LogP contribution in [-0.2, 0) is 0 Å².